The fourth-order valence-corrected chi connectivity index (χ4v) is 6.36. The van der Waals surface area contributed by atoms with E-state index in [1.165, 1.54) is 4.88 Å². The Morgan fingerprint density at radius 2 is 1.81 bits per heavy atom. The third-order valence-corrected chi connectivity index (χ3v) is 8.11. The molecule has 5 heteroatoms. The fourth-order valence-electron chi connectivity index (χ4n) is 5.26. The van der Waals surface area contributed by atoms with Gasteiger partial charge in [0.2, 0.25) is 11.8 Å². The van der Waals surface area contributed by atoms with Crippen molar-refractivity contribution in [1.29, 1.82) is 0 Å². The molecule has 4 nitrogen and oxygen atoms in total. The highest BCUT2D eigenvalue weighted by Crippen LogP contribution is 2.66. The molecule has 2 amide bonds. The molecule has 27 heavy (non-hydrogen) atoms. The van der Waals surface area contributed by atoms with Crippen LogP contribution in [-0.4, -0.2) is 29.8 Å². The molecule has 0 unspecified atom stereocenters. The zero-order valence-corrected chi connectivity index (χ0v) is 16.6. The van der Waals surface area contributed by atoms with Crippen molar-refractivity contribution in [2.45, 2.75) is 43.9 Å². The van der Waals surface area contributed by atoms with Crippen LogP contribution in [0.2, 0.25) is 0 Å². The van der Waals surface area contributed by atoms with E-state index in [1.54, 1.807) is 11.3 Å². The highest BCUT2D eigenvalue weighted by Gasteiger charge is 2.69. The van der Waals surface area contributed by atoms with E-state index in [1.807, 2.05) is 29.2 Å². The first kappa shape index (κ1) is 17.0. The number of carbonyl (C=O) groups is 2. The number of nitrogens with one attached hydrogen (secondary N) is 1. The number of thiophene rings is 1. The van der Waals surface area contributed by atoms with Gasteiger partial charge >= 0.3 is 0 Å². The zero-order chi connectivity index (χ0) is 18.9. The first-order valence-electron chi connectivity index (χ1n) is 9.65. The summed E-state index contributed by atoms with van der Waals surface area (Å²) >= 11 is 1.69. The summed E-state index contributed by atoms with van der Waals surface area (Å²) in [5.41, 5.74) is 1.19. The summed E-state index contributed by atoms with van der Waals surface area (Å²) in [6, 6.07) is 12.1. The number of benzene rings is 1. The summed E-state index contributed by atoms with van der Waals surface area (Å²) in [7, 11) is 0. The van der Waals surface area contributed by atoms with Gasteiger partial charge in [-0.15, -0.1) is 11.3 Å². The molecule has 1 aliphatic carbocycles. The minimum absolute atomic E-state index is 0.00139. The van der Waals surface area contributed by atoms with Crippen molar-refractivity contribution < 1.29 is 9.59 Å². The van der Waals surface area contributed by atoms with Gasteiger partial charge in [-0.3, -0.25) is 9.59 Å². The molecule has 1 spiro atoms. The van der Waals surface area contributed by atoms with Crippen molar-refractivity contribution in [3.63, 3.8) is 0 Å². The summed E-state index contributed by atoms with van der Waals surface area (Å²) in [5.74, 6) is 0.340. The van der Waals surface area contributed by atoms with Gasteiger partial charge < -0.3 is 10.2 Å². The second kappa shape index (κ2) is 5.44. The molecule has 5 rings (SSSR count). The Labute approximate surface area is 163 Å². The van der Waals surface area contributed by atoms with E-state index in [0.29, 0.717) is 25.9 Å². The van der Waals surface area contributed by atoms with Gasteiger partial charge in [-0.1, -0.05) is 38.1 Å². The number of carbonyl (C=O) groups excluding carboxylic acids is 2. The van der Waals surface area contributed by atoms with Crippen molar-refractivity contribution in [2.75, 3.05) is 18.4 Å². The van der Waals surface area contributed by atoms with Crippen LogP contribution in [0.25, 0.3) is 0 Å². The molecule has 140 valence electrons. The molecule has 1 aromatic heterocycles. The first-order valence-corrected chi connectivity index (χ1v) is 10.5. The van der Waals surface area contributed by atoms with Crippen LogP contribution in [0.5, 0.6) is 0 Å². The van der Waals surface area contributed by atoms with Gasteiger partial charge in [-0.25, -0.2) is 0 Å². The lowest BCUT2D eigenvalue weighted by molar-refractivity contribution is -0.138. The summed E-state index contributed by atoms with van der Waals surface area (Å²) in [6.45, 7) is 5.67. The largest absolute Gasteiger partial charge is 0.342 e. The van der Waals surface area contributed by atoms with Gasteiger partial charge in [0.1, 0.15) is 0 Å². The molecule has 2 aromatic rings. The van der Waals surface area contributed by atoms with Gasteiger partial charge in [-0.05, 0) is 47.8 Å². The SMILES string of the molecule is CC1(C)C[C@@]1(C(=O)N1CCC2(CC1)C(=O)Nc1ccccc12)c1cccs1. The Morgan fingerprint density at radius 1 is 1.11 bits per heavy atom. The van der Waals surface area contributed by atoms with Gasteiger partial charge in [0, 0.05) is 23.7 Å². The van der Waals surface area contributed by atoms with E-state index in [4.69, 9.17) is 0 Å². The second-order valence-corrected chi connectivity index (χ2v) is 9.77. The zero-order valence-electron chi connectivity index (χ0n) is 15.7. The summed E-state index contributed by atoms with van der Waals surface area (Å²) in [4.78, 5) is 29.5. The van der Waals surface area contributed by atoms with Crippen LogP contribution in [0, 0.1) is 5.41 Å². The van der Waals surface area contributed by atoms with Crippen LogP contribution in [0.4, 0.5) is 5.69 Å². The molecular weight excluding hydrogens is 356 g/mol. The minimum atomic E-state index is -0.470. The Balaban J connectivity index is 1.40. The molecular formula is C22H24N2O2S. The monoisotopic (exact) mass is 380 g/mol. The third kappa shape index (κ3) is 2.15. The maximum atomic E-state index is 13.6. The first-order chi connectivity index (χ1) is 12.9. The summed E-state index contributed by atoms with van der Waals surface area (Å²) in [6.07, 6.45) is 2.30. The van der Waals surface area contributed by atoms with Crippen LogP contribution in [-0.2, 0) is 20.4 Å². The highest BCUT2D eigenvalue weighted by molar-refractivity contribution is 7.10. The molecule has 2 fully saturated rings. The highest BCUT2D eigenvalue weighted by atomic mass is 32.1. The quantitative estimate of drug-likeness (QED) is 0.858. The molecule has 0 radical (unpaired) electrons. The van der Waals surface area contributed by atoms with Crippen molar-refractivity contribution in [1.82, 2.24) is 4.90 Å². The number of para-hydroxylation sites is 1. The topological polar surface area (TPSA) is 49.4 Å². The number of piperidine rings is 1. The lowest BCUT2D eigenvalue weighted by Gasteiger charge is -2.39. The molecule has 1 aromatic carbocycles. The van der Waals surface area contributed by atoms with Crippen molar-refractivity contribution in [3.05, 3.63) is 52.2 Å². The predicted molar refractivity (Wildman–Crippen MR) is 107 cm³/mol. The van der Waals surface area contributed by atoms with Crippen LogP contribution < -0.4 is 5.32 Å². The van der Waals surface area contributed by atoms with E-state index >= 15 is 0 Å². The summed E-state index contributed by atoms with van der Waals surface area (Å²) < 4.78 is 0. The smallest absolute Gasteiger partial charge is 0.235 e. The van der Waals surface area contributed by atoms with Crippen molar-refractivity contribution >= 4 is 28.8 Å². The molecule has 3 aliphatic rings. The van der Waals surface area contributed by atoms with E-state index in [-0.39, 0.29) is 22.6 Å². The van der Waals surface area contributed by atoms with E-state index < -0.39 is 5.41 Å². The van der Waals surface area contributed by atoms with Gasteiger partial charge in [0.15, 0.2) is 0 Å². The lowest BCUT2D eigenvalue weighted by Crippen LogP contribution is -2.51. The van der Waals surface area contributed by atoms with Gasteiger partial charge in [0.25, 0.3) is 0 Å². The maximum absolute atomic E-state index is 13.6. The van der Waals surface area contributed by atoms with Crippen LogP contribution in [0.15, 0.2) is 41.8 Å². The summed E-state index contributed by atoms with van der Waals surface area (Å²) in [5, 5.41) is 5.10. The molecule has 1 saturated carbocycles. The minimum Gasteiger partial charge on any atom is -0.342 e. The number of hydrogen-bond donors (Lipinski definition) is 1. The maximum Gasteiger partial charge on any atom is 0.235 e. The molecule has 0 bridgehead atoms. The van der Waals surface area contributed by atoms with E-state index in [2.05, 4.69) is 36.7 Å². The molecule has 1 N–H and O–H groups in total. The number of rotatable bonds is 2. The van der Waals surface area contributed by atoms with Crippen LogP contribution in [0.3, 0.4) is 0 Å². The van der Waals surface area contributed by atoms with Crippen LogP contribution >= 0.6 is 11.3 Å². The van der Waals surface area contributed by atoms with Crippen LogP contribution in [0.1, 0.15) is 43.6 Å². The van der Waals surface area contributed by atoms with E-state index in [9.17, 15) is 9.59 Å². The molecule has 3 heterocycles. The Bertz CT molecular complexity index is 926. The molecule has 1 saturated heterocycles. The number of likely N-dealkylation sites (tertiary alicyclic amines) is 1. The fraction of sp³-hybridized carbons (Fsp3) is 0.455. The standard InChI is InChI=1S/C22H24N2O2S/c1-20(2)14-22(20,17-8-5-13-27-17)19(26)24-11-9-21(10-12-24)15-6-3-4-7-16(15)23-18(21)25/h3-8,13H,9-12,14H2,1-2H3,(H,23,25)/t22-/m0/s1. The van der Waals surface area contributed by atoms with Gasteiger partial charge in [-0.2, -0.15) is 0 Å². The third-order valence-electron chi connectivity index (χ3n) is 7.07. The Hall–Kier alpha value is -2.14. The molecule has 2 aliphatic heterocycles. The van der Waals surface area contributed by atoms with Gasteiger partial charge in [0.05, 0.1) is 10.8 Å². The average molecular weight is 381 g/mol. The number of anilines is 1. The van der Waals surface area contributed by atoms with E-state index in [0.717, 1.165) is 17.7 Å². The average Bonchev–Trinajstić information content (AvgIpc) is 3.01. The van der Waals surface area contributed by atoms with Crippen molar-refractivity contribution in [2.24, 2.45) is 5.41 Å². The number of fused-ring (bicyclic) bond motifs is 2. The number of hydrogen-bond acceptors (Lipinski definition) is 3. The Morgan fingerprint density at radius 3 is 2.44 bits per heavy atom. The Kier molecular flexibility index (Phi) is 3.43. The number of nitrogens with zero attached hydrogens (tertiary/aromatic N) is 1. The van der Waals surface area contributed by atoms with Crippen molar-refractivity contribution in [3.8, 4) is 0 Å². The number of amides is 2. The normalized spacial score (nSPS) is 27.3. The predicted octanol–water partition coefficient (Wildman–Crippen LogP) is 3.93. The molecule has 1 atom stereocenters. The lowest BCUT2D eigenvalue weighted by atomic mass is 9.73. The second-order valence-electron chi connectivity index (χ2n) is 8.82.